The minimum absolute atomic E-state index is 2.64. The zero-order valence-corrected chi connectivity index (χ0v) is 4.37. The standard InChI is InChI=1S/C3H3ClSi/c1-5(2,3)4/h1-3H. The van der Waals surface area contributed by atoms with Gasteiger partial charge in [-0.05, 0) is 19.6 Å². The molecule has 0 N–H and O–H groups in total. The average Bonchev–Trinajstić information content (AvgIpc) is 0.722. The topological polar surface area (TPSA) is 0 Å². The molecule has 0 aliphatic carbocycles. The fourth-order valence-electron chi connectivity index (χ4n) is 0. The van der Waals surface area contributed by atoms with Crippen LogP contribution in [0.2, 0.25) is 0 Å². The number of rotatable bonds is 0. The summed E-state index contributed by atoms with van der Waals surface area (Å²) < 4.78 is 0. The summed E-state index contributed by atoms with van der Waals surface area (Å²) in [6.07, 6.45) is 0. The summed E-state index contributed by atoms with van der Waals surface area (Å²) in [5.41, 5.74) is 0. The third-order valence-electron chi connectivity index (χ3n) is 0. The smallest absolute Gasteiger partial charge is 0.165 e. The lowest BCUT2D eigenvalue weighted by Gasteiger charge is -1.95. The summed E-state index contributed by atoms with van der Waals surface area (Å²) in [5, 5.41) is 0. The highest BCUT2D eigenvalue weighted by molar-refractivity contribution is 7.23. The van der Waals surface area contributed by atoms with Crippen LogP contribution in [0.25, 0.3) is 0 Å². The second-order valence-electron chi connectivity index (χ2n) is 0.827. The van der Waals surface area contributed by atoms with Crippen molar-refractivity contribution in [1.82, 2.24) is 0 Å². The Balaban J connectivity index is 3.02. The van der Waals surface area contributed by atoms with E-state index in [0.29, 0.717) is 0 Å². The van der Waals surface area contributed by atoms with Crippen molar-refractivity contribution in [3.05, 3.63) is 19.6 Å². The Labute approximate surface area is 38.9 Å². The van der Waals surface area contributed by atoms with Gasteiger partial charge in [0.1, 0.15) is 0 Å². The molecule has 0 aliphatic heterocycles. The van der Waals surface area contributed by atoms with Gasteiger partial charge in [0.05, 0.1) is 0 Å². The van der Waals surface area contributed by atoms with Crippen LogP contribution in [0.1, 0.15) is 0 Å². The number of hydrogen-bond donors (Lipinski definition) is 0. The maximum Gasteiger partial charge on any atom is 0.165 e. The van der Waals surface area contributed by atoms with Crippen LogP contribution in [0.5, 0.6) is 0 Å². The normalized spacial score (nSPS) is 12.0. The Kier molecular flexibility index (Phi) is 1.44. The predicted octanol–water partition coefficient (Wildman–Crippen LogP) is 0.922. The van der Waals surface area contributed by atoms with Gasteiger partial charge >= 0.3 is 0 Å². The van der Waals surface area contributed by atoms with Crippen LogP contribution in [0.3, 0.4) is 0 Å². The summed E-state index contributed by atoms with van der Waals surface area (Å²) in [6.45, 7) is 14.4. The fourth-order valence-corrected chi connectivity index (χ4v) is 0. The first-order valence-electron chi connectivity index (χ1n) is 1.06. The summed E-state index contributed by atoms with van der Waals surface area (Å²) in [4.78, 5) is 0. The van der Waals surface area contributed by atoms with Gasteiger partial charge in [0.25, 0.3) is 0 Å². The summed E-state index contributed by atoms with van der Waals surface area (Å²) in [7, 11) is -2.64. The molecule has 0 aromatic rings. The molecule has 0 aromatic carbocycles. The van der Waals surface area contributed by atoms with E-state index in [4.69, 9.17) is 30.7 Å². The molecule has 26 valence electrons. The van der Waals surface area contributed by atoms with Crippen LogP contribution in [0.4, 0.5) is 0 Å². The van der Waals surface area contributed by atoms with E-state index in [-0.39, 0.29) is 0 Å². The molecule has 0 fully saturated rings. The third-order valence-corrected chi connectivity index (χ3v) is 0. The third kappa shape index (κ3) is 110. The molecule has 0 nitrogen and oxygen atoms in total. The van der Waals surface area contributed by atoms with Crippen molar-refractivity contribution in [2.24, 2.45) is 0 Å². The minimum Gasteiger partial charge on any atom is -0.166 e. The predicted molar refractivity (Wildman–Crippen MR) is 24.5 cm³/mol. The van der Waals surface area contributed by atoms with Crippen molar-refractivity contribution >= 4 is 18.5 Å². The molecule has 0 unspecified atom stereocenters. The van der Waals surface area contributed by atoms with E-state index in [1.54, 1.807) is 0 Å². The van der Waals surface area contributed by atoms with Crippen LogP contribution in [-0.4, -0.2) is 7.38 Å². The quantitative estimate of drug-likeness (QED) is 0.315. The molecule has 6 radical (unpaired) electrons. The summed E-state index contributed by atoms with van der Waals surface area (Å²) in [6, 6.07) is 0. The zero-order chi connectivity index (χ0) is 4.50. The maximum absolute atomic E-state index is 5.00. The van der Waals surface area contributed by atoms with E-state index < -0.39 is 7.38 Å². The Morgan fingerprint density at radius 2 is 1.20 bits per heavy atom. The zero-order valence-electron chi connectivity index (χ0n) is 2.61. The highest BCUT2D eigenvalue weighted by Crippen LogP contribution is 1.98. The van der Waals surface area contributed by atoms with E-state index in [1.165, 1.54) is 0 Å². The molecule has 0 atom stereocenters. The first kappa shape index (κ1) is 5.51. The molecule has 0 spiro atoms. The van der Waals surface area contributed by atoms with E-state index in [0.717, 1.165) is 0 Å². The molecule has 0 aromatic heterocycles. The molecule has 5 heavy (non-hydrogen) atoms. The first-order valence-corrected chi connectivity index (χ1v) is 4.30. The maximum atomic E-state index is 5.00. The van der Waals surface area contributed by atoms with E-state index in [9.17, 15) is 0 Å². The number of hydrogen-bond acceptors (Lipinski definition) is 0. The first-order chi connectivity index (χ1) is 2.00. The van der Waals surface area contributed by atoms with E-state index in [1.807, 2.05) is 0 Å². The van der Waals surface area contributed by atoms with Crippen molar-refractivity contribution in [1.29, 1.82) is 0 Å². The SMILES string of the molecule is [CH][Si]([CH])([CH])Cl. The molecule has 2 heteroatoms. The Morgan fingerprint density at radius 3 is 1.20 bits per heavy atom. The van der Waals surface area contributed by atoms with Gasteiger partial charge in [-0.15, -0.1) is 0 Å². The van der Waals surface area contributed by atoms with Crippen molar-refractivity contribution in [2.45, 2.75) is 0 Å². The molecular weight excluding hydrogens is 99.6 g/mol. The molecule has 0 saturated heterocycles. The van der Waals surface area contributed by atoms with Gasteiger partial charge in [-0.3, -0.25) is 0 Å². The minimum atomic E-state index is -2.64. The van der Waals surface area contributed by atoms with Crippen LogP contribution in [0, 0.1) is 19.6 Å². The molecule has 0 heterocycles. The second-order valence-corrected chi connectivity index (χ2v) is 4.45. The molecule has 0 aliphatic rings. The monoisotopic (exact) mass is 102 g/mol. The summed E-state index contributed by atoms with van der Waals surface area (Å²) in [5.74, 6) is 0. The Morgan fingerprint density at radius 1 is 1.20 bits per heavy atom. The van der Waals surface area contributed by atoms with E-state index >= 15 is 0 Å². The van der Waals surface area contributed by atoms with Gasteiger partial charge in [-0.2, -0.15) is 11.1 Å². The molecule has 0 bridgehead atoms. The van der Waals surface area contributed by atoms with Gasteiger partial charge in [0.15, 0.2) is 7.38 Å². The second kappa shape index (κ2) is 1.31. The highest BCUT2D eigenvalue weighted by Gasteiger charge is 2.06. The van der Waals surface area contributed by atoms with E-state index in [2.05, 4.69) is 0 Å². The van der Waals surface area contributed by atoms with Crippen LogP contribution < -0.4 is 0 Å². The lowest BCUT2D eigenvalue weighted by molar-refractivity contribution is 2.30. The van der Waals surface area contributed by atoms with Crippen LogP contribution >= 0.6 is 11.1 Å². The summed E-state index contributed by atoms with van der Waals surface area (Å²) >= 11 is 5.00. The highest BCUT2D eigenvalue weighted by atomic mass is 35.6. The van der Waals surface area contributed by atoms with Gasteiger partial charge in [0.2, 0.25) is 0 Å². The van der Waals surface area contributed by atoms with Crippen molar-refractivity contribution in [3.63, 3.8) is 0 Å². The van der Waals surface area contributed by atoms with Gasteiger partial charge < -0.3 is 0 Å². The molecule has 0 amide bonds. The van der Waals surface area contributed by atoms with Crippen molar-refractivity contribution < 1.29 is 0 Å². The lowest BCUT2D eigenvalue weighted by atomic mass is 11.8. The van der Waals surface area contributed by atoms with Crippen LogP contribution in [-0.2, 0) is 0 Å². The van der Waals surface area contributed by atoms with Crippen molar-refractivity contribution in [3.8, 4) is 0 Å². The van der Waals surface area contributed by atoms with Crippen LogP contribution in [0.15, 0.2) is 0 Å². The number of halogens is 1. The Bertz CT molecular complexity index is 22.4. The average molecular weight is 103 g/mol. The van der Waals surface area contributed by atoms with Gasteiger partial charge in [-0.1, -0.05) is 0 Å². The van der Waals surface area contributed by atoms with Gasteiger partial charge in [-0.25, -0.2) is 0 Å². The molecular formula is C3H3ClSi. The Hall–Kier alpha value is 0.507. The molecule has 0 saturated carbocycles. The molecule has 0 rings (SSSR count). The van der Waals surface area contributed by atoms with Crippen molar-refractivity contribution in [2.75, 3.05) is 0 Å². The fraction of sp³-hybridized carbons (Fsp3) is 0. The largest absolute Gasteiger partial charge is 0.166 e. The lowest BCUT2D eigenvalue weighted by Crippen LogP contribution is -2.11. The van der Waals surface area contributed by atoms with Gasteiger partial charge in [0, 0.05) is 0 Å².